The summed E-state index contributed by atoms with van der Waals surface area (Å²) in [5, 5.41) is 12.4. The Bertz CT molecular complexity index is 391. The van der Waals surface area contributed by atoms with Gasteiger partial charge in [-0.15, -0.1) is 0 Å². The fourth-order valence-corrected chi connectivity index (χ4v) is 1.75. The summed E-state index contributed by atoms with van der Waals surface area (Å²) in [5.41, 5.74) is 6.70. The maximum atomic E-state index is 11.8. The summed E-state index contributed by atoms with van der Waals surface area (Å²) in [7, 11) is 0. The van der Waals surface area contributed by atoms with Crippen molar-refractivity contribution in [2.45, 2.75) is 32.6 Å². The van der Waals surface area contributed by atoms with Crippen molar-refractivity contribution in [1.29, 1.82) is 0 Å². The topological polar surface area (TPSA) is 75.3 Å². The van der Waals surface area contributed by atoms with Crippen LogP contribution < -0.4 is 11.1 Å². The van der Waals surface area contributed by atoms with Crippen LogP contribution in [0.1, 0.15) is 41.6 Å². The lowest BCUT2D eigenvalue weighted by Gasteiger charge is -2.07. The van der Waals surface area contributed by atoms with E-state index in [1.165, 1.54) is 0 Å². The first-order valence-corrected chi connectivity index (χ1v) is 6.43. The molecule has 0 saturated heterocycles. The SMILES string of the molecule is Cc1ccc(O)c(C(=O)NCCCCCCN)c1. The summed E-state index contributed by atoms with van der Waals surface area (Å²) >= 11 is 0. The largest absolute Gasteiger partial charge is 0.507 e. The van der Waals surface area contributed by atoms with Gasteiger partial charge in [0, 0.05) is 6.54 Å². The Kier molecular flexibility index (Phi) is 6.22. The van der Waals surface area contributed by atoms with Gasteiger partial charge in [-0.2, -0.15) is 0 Å². The number of unbranched alkanes of at least 4 members (excludes halogenated alkanes) is 3. The summed E-state index contributed by atoms with van der Waals surface area (Å²) < 4.78 is 0. The van der Waals surface area contributed by atoms with Gasteiger partial charge in [0.2, 0.25) is 0 Å². The molecule has 1 rings (SSSR count). The Labute approximate surface area is 108 Å². The van der Waals surface area contributed by atoms with Crippen LogP contribution in [0.2, 0.25) is 0 Å². The number of nitrogens with two attached hydrogens (primary N) is 1. The van der Waals surface area contributed by atoms with E-state index in [9.17, 15) is 9.90 Å². The molecule has 0 aliphatic rings. The van der Waals surface area contributed by atoms with Crippen molar-refractivity contribution >= 4 is 5.91 Å². The monoisotopic (exact) mass is 250 g/mol. The minimum Gasteiger partial charge on any atom is -0.507 e. The normalized spacial score (nSPS) is 10.3. The summed E-state index contributed by atoms with van der Waals surface area (Å²) in [6.07, 6.45) is 4.14. The van der Waals surface area contributed by atoms with Gasteiger partial charge in [-0.1, -0.05) is 24.5 Å². The minimum atomic E-state index is -0.213. The van der Waals surface area contributed by atoms with E-state index in [-0.39, 0.29) is 11.7 Å². The third kappa shape index (κ3) is 4.75. The molecule has 0 heterocycles. The lowest BCUT2D eigenvalue weighted by molar-refractivity contribution is 0.0950. The van der Waals surface area contributed by atoms with Crippen molar-refractivity contribution < 1.29 is 9.90 Å². The number of nitrogens with one attached hydrogen (secondary N) is 1. The number of hydrogen-bond donors (Lipinski definition) is 3. The number of phenols is 1. The average Bonchev–Trinajstić information content (AvgIpc) is 2.36. The molecule has 1 amide bonds. The lowest BCUT2D eigenvalue weighted by Crippen LogP contribution is -2.24. The van der Waals surface area contributed by atoms with E-state index in [2.05, 4.69) is 5.32 Å². The first-order valence-electron chi connectivity index (χ1n) is 6.43. The minimum absolute atomic E-state index is 0.0289. The Balaban J connectivity index is 2.34. The molecule has 0 unspecified atom stereocenters. The molecule has 0 aromatic heterocycles. The fourth-order valence-electron chi connectivity index (χ4n) is 1.75. The molecular formula is C14H22N2O2. The molecule has 0 spiro atoms. The van der Waals surface area contributed by atoms with Crippen molar-refractivity contribution in [1.82, 2.24) is 5.32 Å². The molecule has 0 bridgehead atoms. The smallest absolute Gasteiger partial charge is 0.255 e. The molecule has 0 radical (unpaired) electrons. The average molecular weight is 250 g/mol. The van der Waals surface area contributed by atoms with Gasteiger partial charge >= 0.3 is 0 Å². The molecular weight excluding hydrogens is 228 g/mol. The zero-order valence-electron chi connectivity index (χ0n) is 10.9. The Morgan fingerprint density at radius 3 is 2.72 bits per heavy atom. The number of aryl methyl sites for hydroxylation is 1. The van der Waals surface area contributed by atoms with Gasteiger partial charge in [0.1, 0.15) is 5.75 Å². The lowest BCUT2D eigenvalue weighted by atomic mass is 10.1. The van der Waals surface area contributed by atoms with Gasteiger partial charge in [-0.05, 0) is 38.4 Å². The molecule has 0 atom stereocenters. The number of phenolic OH excluding ortho intramolecular Hbond substituents is 1. The predicted octanol–water partition coefficient (Wildman–Crippen LogP) is 1.95. The highest BCUT2D eigenvalue weighted by atomic mass is 16.3. The number of benzene rings is 1. The van der Waals surface area contributed by atoms with Gasteiger partial charge in [0.05, 0.1) is 5.56 Å². The van der Waals surface area contributed by atoms with Crippen molar-refractivity contribution in [3.05, 3.63) is 29.3 Å². The molecule has 4 heteroatoms. The number of hydrogen-bond acceptors (Lipinski definition) is 3. The zero-order chi connectivity index (χ0) is 13.4. The molecule has 100 valence electrons. The molecule has 1 aromatic rings. The zero-order valence-corrected chi connectivity index (χ0v) is 10.9. The predicted molar refractivity (Wildman–Crippen MR) is 72.7 cm³/mol. The fraction of sp³-hybridized carbons (Fsp3) is 0.500. The summed E-state index contributed by atoms with van der Waals surface area (Å²) in [6.45, 7) is 3.25. The van der Waals surface area contributed by atoms with Crippen LogP contribution in [0, 0.1) is 6.92 Å². The Morgan fingerprint density at radius 2 is 2.00 bits per heavy atom. The first kappa shape index (κ1) is 14.5. The molecule has 0 fully saturated rings. The number of aromatic hydroxyl groups is 1. The van der Waals surface area contributed by atoms with Crippen LogP contribution in [0.15, 0.2) is 18.2 Å². The van der Waals surface area contributed by atoms with Crippen molar-refractivity contribution in [3.63, 3.8) is 0 Å². The number of carbonyl (C=O) groups is 1. The number of rotatable bonds is 7. The van der Waals surface area contributed by atoms with Gasteiger partial charge in [0.15, 0.2) is 0 Å². The summed E-state index contributed by atoms with van der Waals surface area (Å²) in [4.78, 5) is 11.8. The molecule has 0 aliphatic heterocycles. The molecule has 1 aromatic carbocycles. The summed E-state index contributed by atoms with van der Waals surface area (Å²) in [5.74, 6) is -0.184. The number of carbonyl (C=O) groups excluding carboxylic acids is 1. The molecule has 0 saturated carbocycles. The van der Waals surface area contributed by atoms with E-state index in [0.717, 1.165) is 37.8 Å². The Morgan fingerprint density at radius 1 is 1.28 bits per heavy atom. The van der Waals surface area contributed by atoms with E-state index >= 15 is 0 Å². The first-order chi connectivity index (χ1) is 8.65. The van der Waals surface area contributed by atoms with Gasteiger partial charge < -0.3 is 16.2 Å². The second kappa shape index (κ2) is 7.71. The van der Waals surface area contributed by atoms with E-state index < -0.39 is 0 Å². The van der Waals surface area contributed by atoms with Crippen LogP contribution in [-0.2, 0) is 0 Å². The third-order valence-electron chi connectivity index (χ3n) is 2.81. The maximum Gasteiger partial charge on any atom is 0.255 e. The summed E-state index contributed by atoms with van der Waals surface area (Å²) in [6, 6.07) is 5.02. The van der Waals surface area contributed by atoms with Crippen LogP contribution >= 0.6 is 0 Å². The van der Waals surface area contributed by atoms with E-state index in [1.54, 1.807) is 18.2 Å². The molecule has 0 aliphatic carbocycles. The number of amides is 1. The second-order valence-corrected chi connectivity index (χ2v) is 4.48. The van der Waals surface area contributed by atoms with Gasteiger partial charge in [-0.25, -0.2) is 0 Å². The maximum absolute atomic E-state index is 11.8. The quantitative estimate of drug-likeness (QED) is 0.647. The van der Waals surface area contributed by atoms with Crippen LogP contribution in [0.5, 0.6) is 5.75 Å². The molecule has 18 heavy (non-hydrogen) atoms. The second-order valence-electron chi connectivity index (χ2n) is 4.48. The van der Waals surface area contributed by atoms with Crippen molar-refractivity contribution in [3.8, 4) is 5.75 Å². The van der Waals surface area contributed by atoms with Crippen LogP contribution in [-0.4, -0.2) is 24.1 Å². The van der Waals surface area contributed by atoms with Gasteiger partial charge in [0.25, 0.3) is 5.91 Å². The third-order valence-corrected chi connectivity index (χ3v) is 2.81. The highest BCUT2D eigenvalue weighted by molar-refractivity contribution is 5.96. The van der Waals surface area contributed by atoms with Crippen LogP contribution in [0.3, 0.4) is 0 Å². The van der Waals surface area contributed by atoms with E-state index in [0.29, 0.717) is 12.1 Å². The Hall–Kier alpha value is -1.55. The van der Waals surface area contributed by atoms with Gasteiger partial charge in [-0.3, -0.25) is 4.79 Å². The van der Waals surface area contributed by atoms with Crippen LogP contribution in [0.4, 0.5) is 0 Å². The van der Waals surface area contributed by atoms with Crippen LogP contribution in [0.25, 0.3) is 0 Å². The van der Waals surface area contributed by atoms with E-state index in [1.807, 2.05) is 6.92 Å². The highest BCUT2D eigenvalue weighted by Crippen LogP contribution is 2.17. The van der Waals surface area contributed by atoms with E-state index in [4.69, 9.17) is 5.73 Å². The molecule has 4 nitrogen and oxygen atoms in total. The highest BCUT2D eigenvalue weighted by Gasteiger charge is 2.10. The molecule has 4 N–H and O–H groups in total. The standard InChI is InChI=1S/C14H22N2O2/c1-11-6-7-13(17)12(10-11)14(18)16-9-5-3-2-4-8-15/h6-7,10,17H,2-5,8-9,15H2,1H3,(H,16,18). The van der Waals surface area contributed by atoms with Crippen molar-refractivity contribution in [2.24, 2.45) is 5.73 Å². The van der Waals surface area contributed by atoms with Crippen molar-refractivity contribution in [2.75, 3.05) is 13.1 Å².